The summed E-state index contributed by atoms with van der Waals surface area (Å²) in [5, 5.41) is 7.76. The lowest BCUT2D eigenvalue weighted by molar-refractivity contribution is -0.143. The Hall–Kier alpha value is -3.05. The molecule has 3 heterocycles. The Morgan fingerprint density at radius 1 is 1.02 bits per heavy atom. The topological polar surface area (TPSA) is 36.5 Å². The lowest BCUT2D eigenvalue weighted by Crippen LogP contribution is -2.58. The summed E-state index contributed by atoms with van der Waals surface area (Å²) in [5.74, 6) is 1.79. The summed E-state index contributed by atoms with van der Waals surface area (Å²) in [6, 6.07) is 12.7. The Morgan fingerprint density at radius 3 is 2.32 bits per heavy atom. The molecule has 2 bridgehead atoms. The number of nitrogens with one attached hydrogen (secondary N) is 2. The highest BCUT2D eigenvalue weighted by atomic mass is 32.1. The number of hydrogen-bond donors (Lipinski definition) is 2. The molecule has 6 rings (SSSR count). The Kier molecular flexibility index (Phi) is 8.13. The summed E-state index contributed by atoms with van der Waals surface area (Å²) in [6.07, 6.45) is -6.84. The Morgan fingerprint density at radius 2 is 1.73 bits per heavy atom. The van der Waals surface area contributed by atoms with Crippen LogP contribution in [0.3, 0.4) is 0 Å². The van der Waals surface area contributed by atoms with Crippen LogP contribution < -0.4 is 15.4 Å². The van der Waals surface area contributed by atoms with E-state index in [1.165, 1.54) is 0 Å². The van der Waals surface area contributed by atoms with E-state index in [0.717, 1.165) is 48.7 Å². The van der Waals surface area contributed by atoms with Crippen molar-refractivity contribution in [2.24, 2.45) is 11.8 Å². The number of fused-ring (bicyclic) bond motifs is 4. The van der Waals surface area contributed by atoms with E-state index in [1.54, 1.807) is 7.11 Å². The van der Waals surface area contributed by atoms with E-state index in [9.17, 15) is 26.3 Å². The summed E-state index contributed by atoms with van der Waals surface area (Å²) in [5.41, 5.74) is -2.27. The molecule has 3 saturated heterocycles. The van der Waals surface area contributed by atoms with Crippen LogP contribution in [0.1, 0.15) is 48.9 Å². The van der Waals surface area contributed by atoms with Gasteiger partial charge >= 0.3 is 12.4 Å². The van der Waals surface area contributed by atoms with Crippen molar-refractivity contribution in [1.29, 1.82) is 0 Å². The molecule has 0 saturated carbocycles. The van der Waals surface area contributed by atoms with Crippen LogP contribution in [0.15, 0.2) is 54.6 Å². The quantitative estimate of drug-likeness (QED) is 0.223. The van der Waals surface area contributed by atoms with Gasteiger partial charge in [0.2, 0.25) is 0 Å². The molecule has 0 aliphatic carbocycles. The van der Waals surface area contributed by atoms with E-state index in [4.69, 9.17) is 17.0 Å². The van der Waals surface area contributed by atoms with E-state index in [0.29, 0.717) is 29.7 Å². The molecular weight excluding hydrogens is 564 g/mol. The molecule has 4 nitrogen and oxygen atoms in total. The highest BCUT2D eigenvalue weighted by molar-refractivity contribution is 7.80. The predicted octanol–water partition coefficient (Wildman–Crippen LogP) is 8.03. The normalized spacial score (nSPS) is 23.3. The number of benzene rings is 3. The van der Waals surface area contributed by atoms with Gasteiger partial charge in [0, 0.05) is 18.3 Å². The molecule has 0 amide bonds. The first-order valence-corrected chi connectivity index (χ1v) is 14.0. The lowest BCUT2D eigenvalue weighted by Gasteiger charge is -2.52. The van der Waals surface area contributed by atoms with Crippen molar-refractivity contribution in [1.82, 2.24) is 10.2 Å². The van der Waals surface area contributed by atoms with Crippen LogP contribution in [-0.4, -0.2) is 36.3 Å². The maximum Gasteiger partial charge on any atom is 0.416 e. The monoisotopic (exact) mass is 595 g/mol. The molecule has 3 fully saturated rings. The number of rotatable bonds is 6. The van der Waals surface area contributed by atoms with Crippen LogP contribution in [0, 0.1) is 11.8 Å². The number of hydrogen-bond acceptors (Lipinski definition) is 3. The van der Waals surface area contributed by atoms with Crippen molar-refractivity contribution in [3.63, 3.8) is 0 Å². The van der Waals surface area contributed by atoms with Gasteiger partial charge in [-0.25, -0.2) is 0 Å². The summed E-state index contributed by atoms with van der Waals surface area (Å²) in [6.45, 7) is 4.04. The third-order valence-corrected chi connectivity index (χ3v) is 8.66. The van der Waals surface area contributed by atoms with Crippen molar-refractivity contribution in [2.75, 3.05) is 25.5 Å². The molecule has 3 aromatic rings. The van der Waals surface area contributed by atoms with Gasteiger partial charge in [0.15, 0.2) is 5.11 Å². The second-order valence-electron chi connectivity index (χ2n) is 10.8. The van der Waals surface area contributed by atoms with E-state index >= 15 is 0 Å². The second-order valence-corrected chi connectivity index (χ2v) is 11.2. The number of alkyl halides is 6. The number of piperidine rings is 3. The lowest BCUT2D eigenvalue weighted by atomic mass is 9.72. The van der Waals surface area contributed by atoms with Crippen LogP contribution in [0.4, 0.5) is 32.0 Å². The first kappa shape index (κ1) is 29.4. The molecule has 220 valence electrons. The second kappa shape index (κ2) is 11.3. The van der Waals surface area contributed by atoms with E-state index in [1.807, 2.05) is 36.4 Å². The summed E-state index contributed by atoms with van der Waals surface area (Å²) < 4.78 is 86.1. The minimum absolute atomic E-state index is 0.0281. The number of thiocarbonyl (C=S) groups is 1. The first-order chi connectivity index (χ1) is 19.4. The highest BCUT2D eigenvalue weighted by Gasteiger charge is 2.43. The van der Waals surface area contributed by atoms with Gasteiger partial charge in [0.25, 0.3) is 0 Å². The van der Waals surface area contributed by atoms with E-state index < -0.39 is 23.5 Å². The third kappa shape index (κ3) is 6.25. The van der Waals surface area contributed by atoms with Crippen LogP contribution in [-0.2, 0) is 12.4 Å². The molecule has 11 heteroatoms. The van der Waals surface area contributed by atoms with Gasteiger partial charge in [-0.15, -0.1) is 0 Å². The molecule has 0 spiro atoms. The van der Waals surface area contributed by atoms with Gasteiger partial charge in [-0.1, -0.05) is 37.6 Å². The standard InChI is InChI=1S/C30H31F6N3OS/c1-3-17-16-39-10-9-19(17)11-26(39)27(24-6-4-5-18-7-8-23(40-2)15-25(18)24)38-28(41)37-22-13-20(29(31,32)33)12-21(14-22)30(34,35)36/h4-8,12-15,17,19,26-27H,3,9-11,16H2,1-2H3,(H2,37,38,41)/t17?,19?,26?,27-/m0/s1. The fraction of sp³-hybridized carbons (Fsp3) is 0.433. The molecule has 4 unspecified atom stereocenters. The molecule has 0 radical (unpaired) electrons. The zero-order valence-electron chi connectivity index (χ0n) is 22.6. The molecule has 3 aliphatic rings. The van der Waals surface area contributed by atoms with Crippen molar-refractivity contribution < 1.29 is 31.1 Å². The number of nitrogens with zero attached hydrogens (tertiary/aromatic N) is 1. The van der Waals surface area contributed by atoms with Gasteiger partial charge in [-0.2, -0.15) is 26.3 Å². The zero-order valence-corrected chi connectivity index (χ0v) is 23.4. The Labute approximate surface area is 240 Å². The fourth-order valence-electron chi connectivity index (χ4n) is 6.38. The average Bonchev–Trinajstić information content (AvgIpc) is 2.94. The Bertz CT molecular complexity index is 1390. The van der Waals surface area contributed by atoms with Crippen LogP contribution in [0.2, 0.25) is 0 Å². The van der Waals surface area contributed by atoms with Crippen LogP contribution in [0.25, 0.3) is 10.8 Å². The third-order valence-electron chi connectivity index (χ3n) is 8.44. The van der Waals surface area contributed by atoms with Crippen LogP contribution >= 0.6 is 12.2 Å². The SMILES string of the molecule is CCC1CN2CCC1CC2[C@@H](NC(=S)Nc1cc(C(F)(F)F)cc(C(F)(F)F)c1)c1cccc2ccc(OC)cc12. The highest BCUT2D eigenvalue weighted by Crippen LogP contribution is 2.43. The molecule has 3 aromatic carbocycles. The summed E-state index contributed by atoms with van der Waals surface area (Å²) >= 11 is 5.53. The molecule has 3 aliphatic heterocycles. The minimum atomic E-state index is -4.96. The summed E-state index contributed by atoms with van der Waals surface area (Å²) in [4.78, 5) is 2.43. The fourth-order valence-corrected chi connectivity index (χ4v) is 6.62. The van der Waals surface area contributed by atoms with Gasteiger partial charge in [-0.05, 0) is 90.1 Å². The molecule has 41 heavy (non-hydrogen) atoms. The predicted molar refractivity (Wildman–Crippen MR) is 151 cm³/mol. The smallest absolute Gasteiger partial charge is 0.416 e. The molecule has 0 aromatic heterocycles. The van der Waals surface area contributed by atoms with Crippen molar-refractivity contribution >= 4 is 33.8 Å². The first-order valence-electron chi connectivity index (χ1n) is 13.5. The maximum atomic E-state index is 13.4. The average molecular weight is 596 g/mol. The number of methoxy groups -OCH3 is 1. The maximum absolute atomic E-state index is 13.4. The van der Waals surface area contributed by atoms with Crippen molar-refractivity contribution in [2.45, 2.75) is 50.6 Å². The molecule has 2 N–H and O–H groups in total. The van der Waals surface area contributed by atoms with Crippen LogP contribution in [0.5, 0.6) is 5.75 Å². The largest absolute Gasteiger partial charge is 0.497 e. The van der Waals surface area contributed by atoms with Gasteiger partial charge in [0.1, 0.15) is 5.75 Å². The van der Waals surface area contributed by atoms with E-state index in [-0.39, 0.29) is 28.9 Å². The molecular formula is C30H31F6N3OS. The molecule has 5 atom stereocenters. The van der Waals surface area contributed by atoms with Crippen molar-refractivity contribution in [3.8, 4) is 5.75 Å². The number of halogens is 6. The number of anilines is 1. The summed E-state index contributed by atoms with van der Waals surface area (Å²) in [7, 11) is 1.58. The minimum Gasteiger partial charge on any atom is -0.497 e. The van der Waals surface area contributed by atoms with Gasteiger partial charge < -0.3 is 15.4 Å². The Balaban J connectivity index is 1.51. The van der Waals surface area contributed by atoms with E-state index in [2.05, 4.69) is 22.5 Å². The number of ether oxygens (including phenoxy) is 1. The van der Waals surface area contributed by atoms with Crippen molar-refractivity contribution in [3.05, 3.63) is 71.3 Å². The zero-order chi connectivity index (χ0) is 29.5. The van der Waals surface area contributed by atoms with Gasteiger partial charge in [0.05, 0.1) is 24.3 Å². The van der Waals surface area contributed by atoms with Gasteiger partial charge in [-0.3, -0.25) is 4.90 Å².